The lowest BCUT2D eigenvalue weighted by molar-refractivity contribution is 0.439. The molecule has 1 fully saturated rings. The Morgan fingerprint density at radius 1 is 1.27 bits per heavy atom. The van der Waals surface area contributed by atoms with E-state index in [0.717, 1.165) is 54.4 Å². The Bertz CT molecular complexity index is 1020. The number of aromatic nitrogens is 4. The zero-order valence-corrected chi connectivity index (χ0v) is 14.6. The summed E-state index contributed by atoms with van der Waals surface area (Å²) in [6, 6.07) is 3.65. The summed E-state index contributed by atoms with van der Waals surface area (Å²) in [5.41, 5.74) is 3.83. The molecule has 26 heavy (non-hydrogen) atoms. The lowest BCUT2D eigenvalue weighted by atomic mass is 9.87. The molecule has 2 aliphatic heterocycles. The summed E-state index contributed by atoms with van der Waals surface area (Å²) in [7, 11) is 1.92. The molecule has 1 unspecified atom stereocenters. The summed E-state index contributed by atoms with van der Waals surface area (Å²) in [6.07, 6.45) is 9.89. The molecule has 0 bridgehead atoms. The van der Waals surface area contributed by atoms with Crippen molar-refractivity contribution >= 4 is 11.3 Å². The van der Waals surface area contributed by atoms with Crippen LogP contribution in [0.25, 0.3) is 5.57 Å². The molecule has 1 atom stereocenters. The van der Waals surface area contributed by atoms with E-state index < -0.39 is 0 Å². The highest BCUT2D eigenvalue weighted by molar-refractivity contribution is 6.11. The number of hydrogen-bond donors (Lipinski definition) is 1. The Hall–Kier alpha value is -2.80. The highest BCUT2D eigenvalue weighted by Crippen LogP contribution is 2.39. The average Bonchev–Trinajstić information content (AvgIpc) is 3.25. The third-order valence-corrected chi connectivity index (χ3v) is 5.45. The van der Waals surface area contributed by atoms with Gasteiger partial charge in [-0.05, 0) is 43.6 Å². The van der Waals surface area contributed by atoms with Gasteiger partial charge in [-0.15, -0.1) is 0 Å². The number of rotatable bonds is 2. The molecule has 0 spiro atoms. The zero-order valence-electron chi connectivity index (χ0n) is 14.6. The first-order chi connectivity index (χ1) is 12.7. The Labute approximate surface area is 150 Å². The van der Waals surface area contributed by atoms with Crippen molar-refractivity contribution in [2.24, 2.45) is 12.1 Å². The third kappa shape index (κ3) is 2.31. The second-order valence-corrected chi connectivity index (χ2v) is 6.99. The molecule has 4 heterocycles. The van der Waals surface area contributed by atoms with Crippen LogP contribution in [0, 0.1) is 0 Å². The van der Waals surface area contributed by atoms with E-state index in [1.54, 1.807) is 12.3 Å². The largest absolute Gasteiger partial charge is 0.317 e. The van der Waals surface area contributed by atoms with E-state index in [4.69, 9.17) is 5.10 Å². The predicted octanol–water partition coefficient (Wildman–Crippen LogP) is 1.40. The van der Waals surface area contributed by atoms with Gasteiger partial charge in [0.25, 0.3) is 5.56 Å². The van der Waals surface area contributed by atoms with Crippen LogP contribution in [0.1, 0.15) is 41.9 Å². The molecule has 1 aliphatic carbocycles. The molecule has 0 amide bonds. The Morgan fingerprint density at radius 2 is 2.12 bits per heavy atom. The van der Waals surface area contributed by atoms with Crippen molar-refractivity contribution in [3.8, 4) is 0 Å². The number of fused-ring (bicyclic) bond motifs is 3. The van der Waals surface area contributed by atoms with Crippen molar-refractivity contribution < 1.29 is 0 Å². The number of hydrogen-bond acceptors (Lipinski definition) is 5. The number of nitrogens with zero attached hydrogens (tertiary/aromatic N) is 5. The van der Waals surface area contributed by atoms with Gasteiger partial charge in [0.2, 0.25) is 0 Å². The number of aryl methyl sites for hydroxylation is 1. The summed E-state index contributed by atoms with van der Waals surface area (Å²) in [5.74, 6) is 0.936. The van der Waals surface area contributed by atoms with Crippen molar-refractivity contribution in [1.29, 1.82) is 0 Å². The van der Waals surface area contributed by atoms with Crippen molar-refractivity contribution in [3.63, 3.8) is 0 Å². The average molecular weight is 348 g/mol. The van der Waals surface area contributed by atoms with Crippen molar-refractivity contribution in [2.75, 3.05) is 13.1 Å². The van der Waals surface area contributed by atoms with Gasteiger partial charge >= 0.3 is 0 Å². The summed E-state index contributed by atoms with van der Waals surface area (Å²) in [5, 5.41) is 12.5. The Kier molecular flexibility index (Phi) is 3.49. The fourth-order valence-corrected chi connectivity index (χ4v) is 4.19. The molecule has 0 radical (unpaired) electrons. The highest BCUT2D eigenvalue weighted by Gasteiger charge is 2.36. The molecule has 0 aromatic carbocycles. The normalized spacial score (nSPS) is 22.0. The molecule has 7 nitrogen and oxygen atoms in total. The smallest absolute Gasteiger partial charge is 0.273 e. The quantitative estimate of drug-likeness (QED) is 0.890. The van der Waals surface area contributed by atoms with Gasteiger partial charge in [0.1, 0.15) is 5.82 Å². The maximum Gasteiger partial charge on any atom is 0.273 e. The number of allylic oxidation sites excluding steroid dienone is 4. The van der Waals surface area contributed by atoms with E-state index in [2.05, 4.69) is 21.5 Å². The van der Waals surface area contributed by atoms with Gasteiger partial charge in [-0.2, -0.15) is 15.2 Å². The molecular formula is C19H20N6O. The van der Waals surface area contributed by atoms with Crippen LogP contribution >= 0.6 is 0 Å². The fraction of sp³-hybridized carbons (Fsp3) is 0.368. The van der Waals surface area contributed by atoms with Crippen LogP contribution in [-0.4, -0.2) is 38.2 Å². The first-order valence-corrected chi connectivity index (χ1v) is 9.02. The highest BCUT2D eigenvalue weighted by atomic mass is 16.1. The number of piperidine rings is 1. The van der Waals surface area contributed by atoms with Crippen LogP contribution in [0.15, 0.2) is 46.5 Å². The second-order valence-electron chi connectivity index (χ2n) is 6.99. The lowest BCUT2D eigenvalue weighted by Gasteiger charge is -2.24. The van der Waals surface area contributed by atoms with E-state index in [0.29, 0.717) is 5.92 Å². The van der Waals surface area contributed by atoms with E-state index >= 15 is 0 Å². The minimum absolute atomic E-state index is 0.121. The molecular weight excluding hydrogens is 328 g/mol. The van der Waals surface area contributed by atoms with E-state index in [1.807, 2.05) is 34.6 Å². The molecule has 5 rings (SSSR count). The summed E-state index contributed by atoms with van der Waals surface area (Å²) >= 11 is 0. The van der Waals surface area contributed by atoms with Crippen LogP contribution < -0.4 is 10.9 Å². The van der Waals surface area contributed by atoms with Crippen LogP contribution in [0.5, 0.6) is 0 Å². The zero-order chi connectivity index (χ0) is 17.7. The van der Waals surface area contributed by atoms with Crippen molar-refractivity contribution in [2.45, 2.75) is 24.7 Å². The van der Waals surface area contributed by atoms with Gasteiger partial charge in [0, 0.05) is 25.2 Å². The molecule has 0 saturated carbocycles. The topological polar surface area (TPSA) is 77.1 Å². The van der Waals surface area contributed by atoms with Gasteiger partial charge in [0.15, 0.2) is 0 Å². The Balaban J connectivity index is 1.66. The SMILES string of the molecule is Cn1nccc1C1=CC=CC2=Nn3c(C4CCNCC4)cc(=O)nc3C12. The van der Waals surface area contributed by atoms with Gasteiger partial charge in [0.05, 0.1) is 23.0 Å². The van der Waals surface area contributed by atoms with Crippen LogP contribution in [-0.2, 0) is 7.05 Å². The first-order valence-electron chi connectivity index (χ1n) is 9.02. The van der Waals surface area contributed by atoms with Crippen LogP contribution in [0.2, 0.25) is 0 Å². The maximum absolute atomic E-state index is 12.4. The Morgan fingerprint density at radius 3 is 2.88 bits per heavy atom. The summed E-state index contributed by atoms with van der Waals surface area (Å²) in [6.45, 7) is 1.94. The lowest BCUT2D eigenvalue weighted by Crippen LogP contribution is -2.29. The fourth-order valence-electron chi connectivity index (χ4n) is 4.19. The molecule has 2 aromatic heterocycles. The summed E-state index contributed by atoms with van der Waals surface area (Å²) < 4.78 is 3.76. The molecule has 1 saturated heterocycles. The number of nitrogens with one attached hydrogen (secondary N) is 1. The van der Waals surface area contributed by atoms with Gasteiger partial charge in [-0.25, -0.2) is 4.68 Å². The van der Waals surface area contributed by atoms with E-state index in [9.17, 15) is 4.79 Å². The van der Waals surface area contributed by atoms with Crippen LogP contribution in [0.4, 0.5) is 0 Å². The molecule has 1 N–H and O–H groups in total. The van der Waals surface area contributed by atoms with Crippen molar-refractivity contribution in [1.82, 2.24) is 24.8 Å². The van der Waals surface area contributed by atoms with E-state index in [1.165, 1.54) is 0 Å². The third-order valence-electron chi connectivity index (χ3n) is 5.45. The molecule has 3 aliphatic rings. The van der Waals surface area contributed by atoms with Gasteiger partial charge in [-0.1, -0.05) is 12.2 Å². The summed E-state index contributed by atoms with van der Waals surface area (Å²) in [4.78, 5) is 16.7. The molecule has 132 valence electrons. The molecule has 7 heteroatoms. The maximum atomic E-state index is 12.4. The minimum atomic E-state index is -0.180. The van der Waals surface area contributed by atoms with E-state index in [-0.39, 0.29) is 11.5 Å². The molecule has 2 aromatic rings. The van der Waals surface area contributed by atoms with Crippen LogP contribution in [0.3, 0.4) is 0 Å². The van der Waals surface area contributed by atoms with Gasteiger partial charge < -0.3 is 5.32 Å². The minimum Gasteiger partial charge on any atom is -0.317 e. The first kappa shape index (κ1) is 15.5. The monoisotopic (exact) mass is 348 g/mol. The standard InChI is InChI=1S/C19H20N6O/c1-24-15(7-10-21-24)13-3-2-4-14-18(13)19-22-17(26)11-16(25(19)23-14)12-5-8-20-9-6-12/h2-4,7,10-12,18,20H,5-6,8-9H2,1H3. The second kappa shape index (κ2) is 5.88. The predicted molar refractivity (Wildman–Crippen MR) is 99.2 cm³/mol. The van der Waals surface area contributed by atoms with Gasteiger partial charge in [-0.3, -0.25) is 9.48 Å². The van der Waals surface area contributed by atoms with Crippen molar-refractivity contribution in [3.05, 3.63) is 64.1 Å².